The number of carbonyl (C=O) groups is 1. The number of nitrogens with zero attached hydrogens (tertiary/aromatic N) is 3. The Morgan fingerprint density at radius 1 is 1.29 bits per heavy atom. The van der Waals surface area contributed by atoms with Gasteiger partial charge in [-0.25, -0.2) is 14.8 Å². The summed E-state index contributed by atoms with van der Waals surface area (Å²) in [6.07, 6.45) is 8.13. The number of aromatic amines is 1. The van der Waals surface area contributed by atoms with E-state index in [4.69, 9.17) is 21.1 Å². The molecule has 1 aliphatic rings. The normalized spacial score (nSPS) is 19.9. The number of hydrogen-bond donors (Lipinski definition) is 2. The molecule has 9 heteroatoms. The number of halogens is 1. The molecule has 28 heavy (non-hydrogen) atoms. The van der Waals surface area contributed by atoms with Gasteiger partial charge in [-0.1, -0.05) is 11.6 Å². The maximum atomic E-state index is 11.9. The molecular weight excluding hydrogens is 382 g/mol. The van der Waals surface area contributed by atoms with Crippen LogP contribution in [0.25, 0.3) is 11.3 Å². The summed E-state index contributed by atoms with van der Waals surface area (Å²) in [5.74, 6) is 0.852. The molecule has 0 bridgehead atoms. The van der Waals surface area contributed by atoms with Gasteiger partial charge in [0.2, 0.25) is 0 Å². The standard InChI is InChI=1S/C19H26ClN5O3/c1-19(2,3)28-18(26)25-14-6-4-12(5-7-14)10-27-16-15(13-8-23-24-9-13)21-11-22-17(16)20/h8-9,11-12,14H,4-7,10H2,1-3H3,(H,23,24)(H,25,26)/t12-,14+. The molecule has 1 fully saturated rings. The van der Waals surface area contributed by atoms with E-state index < -0.39 is 5.60 Å². The fraction of sp³-hybridized carbons (Fsp3) is 0.579. The van der Waals surface area contributed by atoms with Gasteiger partial charge in [0, 0.05) is 17.8 Å². The molecule has 1 aliphatic carbocycles. The lowest BCUT2D eigenvalue weighted by molar-refractivity contribution is 0.0483. The van der Waals surface area contributed by atoms with Crippen LogP contribution in [0, 0.1) is 5.92 Å². The Morgan fingerprint density at radius 3 is 2.68 bits per heavy atom. The van der Waals surface area contributed by atoms with Crippen molar-refractivity contribution in [2.75, 3.05) is 6.61 Å². The number of alkyl carbamates (subject to hydrolysis) is 1. The Kier molecular flexibility index (Phi) is 6.39. The zero-order valence-electron chi connectivity index (χ0n) is 16.4. The Morgan fingerprint density at radius 2 is 2.04 bits per heavy atom. The lowest BCUT2D eigenvalue weighted by atomic mass is 9.86. The zero-order valence-corrected chi connectivity index (χ0v) is 17.1. The van der Waals surface area contributed by atoms with Gasteiger partial charge >= 0.3 is 6.09 Å². The van der Waals surface area contributed by atoms with Gasteiger partial charge in [0.05, 0.1) is 12.8 Å². The van der Waals surface area contributed by atoms with Crippen molar-refractivity contribution in [2.24, 2.45) is 5.92 Å². The van der Waals surface area contributed by atoms with Crippen LogP contribution in [0.2, 0.25) is 5.15 Å². The predicted molar refractivity (Wildman–Crippen MR) is 105 cm³/mol. The molecule has 1 saturated carbocycles. The lowest BCUT2D eigenvalue weighted by Crippen LogP contribution is -2.41. The van der Waals surface area contributed by atoms with E-state index >= 15 is 0 Å². The average Bonchev–Trinajstić information content (AvgIpc) is 3.14. The van der Waals surface area contributed by atoms with Crippen LogP contribution in [0.15, 0.2) is 18.7 Å². The van der Waals surface area contributed by atoms with Gasteiger partial charge < -0.3 is 14.8 Å². The number of carbonyl (C=O) groups excluding carboxylic acids is 1. The second-order valence-corrected chi connectivity index (χ2v) is 8.36. The zero-order chi connectivity index (χ0) is 20.1. The minimum Gasteiger partial charge on any atom is -0.488 e. The molecule has 0 saturated heterocycles. The molecule has 3 rings (SSSR count). The smallest absolute Gasteiger partial charge is 0.407 e. The van der Waals surface area contributed by atoms with Crippen molar-refractivity contribution in [2.45, 2.75) is 58.1 Å². The molecular formula is C19H26ClN5O3. The Balaban J connectivity index is 1.51. The van der Waals surface area contributed by atoms with Crippen LogP contribution in [0.1, 0.15) is 46.5 Å². The highest BCUT2D eigenvalue weighted by Crippen LogP contribution is 2.34. The summed E-state index contributed by atoms with van der Waals surface area (Å²) in [6.45, 7) is 6.10. The van der Waals surface area contributed by atoms with Crippen LogP contribution in [-0.4, -0.2) is 44.5 Å². The van der Waals surface area contributed by atoms with Crippen LogP contribution in [0.3, 0.4) is 0 Å². The summed E-state index contributed by atoms with van der Waals surface area (Å²) in [6, 6.07) is 0.135. The summed E-state index contributed by atoms with van der Waals surface area (Å²) in [7, 11) is 0. The SMILES string of the molecule is CC(C)(C)OC(=O)N[C@H]1CC[C@@H](COc2c(Cl)ncnc2-c2cn[nH]c2)CC1. The second-order valence-electron chi connectivity index (χ2n) is 8.00. The predicted octanol–water partition coefficient (Wildman–Crippen LogP) is 3.98. The quantitative estimate of drug-likeness (QED) is 0.726. The van der Waals surface area contributed by atoms with E-state index in [0.29, 0.717) is 24.0 Å². The number of nitrogens with one attached hydrogen (secondary N) is 2. The average molecular weight is 408 g/mol. The van der Waals surface area contributed by atoms with Crippen molar-refractivity contribution in [3.63, 3.8) is 0 Å². The van der Waals surface area contributed by atoms with Crippen LogP contribution in [-0.2, 0) is 4.74 Å². The first kappa shape index (κ1) is 20.4. The molecule has 0 aromatic carbocycles. The van der Waals surface area contributed by atoms with Gasteiger partial charge in [0.25, 0.3) is 0 Å². The number of ether oxygens (including phenoxy) is 2. The van der Waals surface area contributed by atoms with Crippen molar-refractivity contribution in [1.29, 1.82) is 0 Å². The molecule has 152 valence electrons. The van der Waals surface area contributed by atoms with Gasteiger partial charge in [-0.05, 0) is 52.4 Å². The van der Waals surface area contributed by atoms with Gasteiger partial charge in [0.1, 0.15) is 17.6 Å². The van der Waals surface area contributed by atoms with Gasteiger partial charge in [-0.2, -0.15) is 5.10 Å². The van der Waals surface area contributed by atoms with Crippen LogP contribution in [0.4, 0.5) is 4.79 Å². The molecule has 2 heterocycles. The fourth-order valence-electron chi connectivity index (χ4n) is 3.22. The number of rotatable bonds is 5. The first-order valence-corrected chi connectivity index (χ1v) is 9.81. The lowest BCUT2D eigenvalue weighted by Gasteiger charge is -2.30. The van der Waals surface area contributed by atoms with E-state index in [1.807, 2.05) is 20.8 Å². The summed E-state index contributed by atoms with van der Waals surface area (Å²) in [5.41, 5.74) is 0.928. The maximum absolute atomic E-state index is 11.9. The number of hydrogen-bond acceptors (Lipinski definition) is 6. The third-order valence-corrected chi connectivity index (χ3v) is 4.83. The Hall–Kier alpha value is -2.35. The molecule has 0 spiro atoms. The Bertz CT molecular complexity index is 783. The van der Waals surface area contributed by atoms with Crippen molar-refractivity contribution < 1.29 is 14.3 Å². The first-order valence-electron chi connectivity index (χ1n) is 9.44. The highest BCUT2D eigenvalue weighted by Gasteiger charge is 2.26. The summed E-state index contributed by atoms with van der Waals surface area (Å²) < 4.78 is 11.3. The van der Waals surface area contributed by atoms with Crippen LogP contribution < -0.4 is 10.1 Å². The van der Waals surface area contributed by atoms with Crippen molar-refractivity contribution >= 4 is 17.7 Å². The van der Waals surface area contributed by atoms with E-state index in [2.05, 4.69) is 25.5 Å². The molecule has 2 aromatic heterocycles. The molecule has 0 radical (unpaired) electrons. The van der Waals surface area contributed by atoms with E-state index in [9.17, 15) is 4.79 Å². The highest BCUT2D eigenvalue weighted by molar-refractivity contribution is 6.31. The van der Waals surface area contributed by atoms with Gasteiger partial charge in [-0.15, -0.1) is 0 Å². The first-order chi connectivity index (χ1) is 13.3. The molecule has 8 nitrogen and oxygen atoms in total. The fourth-order valence-corrected chi connectivity index (χ4v) is 3.40. The number of amides is 1. The molecule has 1 amide bonds. The largest absolute Gasteiger partial charge is 0.488 e. The maximum Gasteiger partial charge on any atom is 0.407 e. The monoisotopic (exact) mass is 407 g/mol. The molecule has 0 aliphatic heterocycles. The van der Waals surface area contributed by atoms with E-state index in [-0.39, 0.29) is 17.3 Å². The van der Waals surface area contributed by atoms with E-state index in [0.717, 1.165) is 31.2 Å². The number of H-pyrrole nitrogens is 1. The summed E-state index contributed by atoms with van der Waals surface area (Å²) in [4.78, 5) is 20.2. The van der Waals surface area contributed by atoms with E-state index in [1.54, 1.807) is 12.4 Å². The van der Waals surface area contributed by atoms with Gasteiger partial charge in [-0.3, -0.25) is 5.10 Å². The summed E-state index contributed by atoms with van der Waals surface area (Å²) >= 11 is 6.23. The molecule has 0 unspecified atom stereocenters. The second kappa shape index (κ2) is 8.77. The van der Waals surface area contributed by atoms with Gasteiger partial charge in [0.15, 0.2) is 10.9 Å². The minimum atomic E-state index is -0.487. The summed E-state index contributed by atoms with van der Waals surface area (Å²) in [5, 5.41) is 9.94. The third kappa shape index (κ3) is 5.58. The minimum absolute atomic E-state index is 0.135. The van der Waals surface area contributed by atoms with Crippen LogP contribution >= 0.6 is 11.6 Å². The third-order valence-electron chi connectivity index (χ3n) is 4.56. The van der Waals surface area contributed by atoms with Crippen molar-refractivity contribution in [3.8, 4) is 17.0 Å². The van der Waals surface area contributed by atoms with E-state index in [1.165, 1.54) is 6.33 Å². The number of aromatic nitrogens is 4. The highest BCUT2D eigenvalue weighted by atomic mass is 35.5. The van der Waals surface area contributed by atoms with Crippen molar-refractivity contribution in [3.05, 3.63) is 23.9 Å². The van der Waals surface area contributed by atoms with Crippen LogP contribution in [0.5, 0.6) is 5.75 Å². The topological polar surface area (TPSA) is 102 Å². The molecule has 0 atom stereocenters. The van der Waals surface area contributed by atoms with Crippen molar-refractivity contribution in [1.82, 2.24) is 25.5 Å². The Labute approximate surface area is 169 Å². The molecule has 2 aromatic rings. The molecule has 2 N–H and O–H groups in total.